The fourth-order valence-electron chi connectivity index (χ4n) is 1.66. The zero-order chi connectivity index (χ0) is 13.2. The van der Waals surface area contributed by atoms with Crippen LogP contribution in [-0.2, 0) is 10.3 Å². The van der Waals surface area contributed by atoms with Crippen molar-refractivity contribution in [3.8, 4) is 0 Å². The molecule has 0 N–H and O–H groups in total. The highest BCUT2D eigenvalue weighted by molar-refractivity contribution is 6.48. The molecular formula is C14H10Cl2F2. The standard InChI is InChI=1S/C14H10Cl2F2/c15-13(16,11-7-3-1-4-8-11)14(17,18)12-9-5-2-6-10-12/h1-10H. The molecule has 2 aromatic carbocycles. The third-order valence-electron chi connectivity index (χ3n) is 2.67. The lowest BCUT2D eigenvalue weighted by Gasteiger charge is -2.30. The van der Waals surface area contributed by atoms with Gasteiger partial charge in [0.25, 0.3) is 0 Å². The highest BCUT2D eigenvalue weighted by Crippen LogP contribution is 2.52. The van der Waals surface area contributed by atoms with Crippen molar-refractivity contribution in [1.82, 2.24) is 0 Å². The quantitative estimate of drug-likeness (QED) is 0.688. The van der Waals surface area contributed by atoms with E-state index in [1.165, 1.54) is 36.4 Å². The second-order valence-corrected chi connectivity index (χ2v) is 5.21. The summed E-state index contributed by atoms with van der Waals surface area (Å²) in [6.45, 7) is 0. The van der Waals surface area contributed by atoms with E-state index in [4.69, 9.17) is 23.2 Å². The number of hydrogen-bond acceptors (Lipinski definition) is 0. The third kappa shape index (κ3) is 2.23. The summed E-state index contributed by atoms with van der Waals surface area (Å²) < 4.78 is 26.4. The maximum absolute atomic E-state index is 14.4. The fraction of sp³-hybridized carbons (Fsp3) is 0.143. The molecule has 0 unspecified atom stereocenters. The van der Waals surface area contributed by atoms with E-state index >= 15 is 0 Å². The maximum Gasteiger partial charge on any atom is 0.309 e. The lowest BCUT2D eigenvalue weighted by Crippen LogP contribution is -2.33. The summed E-state index contributed by atoms with van der Waals surface area (Å²) in [7, 11) is 0. The Balaban J connectivity index is 2.47. The molecule has 0 spiro atoms. The van der Waals surface area contributed by atoms with Crippen molar-refractivity contribution in [1.29, 1.82) is 0 Å². The fourth-order valence-corrected chi connectivity index (χ4v) is 2.13. The van der Waals surface area contributed by atoms with Gasteiger partial charge in [0.05, 0.1) is 0 Å². The van der Waals surface area contributed by atoms with Gasteiger partial charge in [-0.2, -0.15) is 8.78 Å². The summed E-state index contributed by atoms with van der Waals surface area (Å²) in [4.78, 5) is 0. The van der Waals surface area contributed by atoms with Crippen LogP contribution < -0.4 is 0 Å². The van der Waals surface area contributed by atoms with Gasteiger partial charge in [-0.05, 0) is 5.56 Å². The van der Waals surface area contributed by atoms with Gasteiger partial charge in [0.1, 0.15) is 0 Å². The Labute approximate surface area is 114 Å². The van der Waals surface area contributed by atoms with Gasteiger partial charge in [0.2, 0.25) is 4.33 Å². The van der Waals surface area contributed by atoms with Crippen LogP contribution in [-0.4, -0.2) is 0 Å². The predicted octanol–water partition coefficient (Wildman–Crippen LogP) is 5.11. The lowest BCUT2D eigenvalue weighted by atomic mass is 9.99. The van der Waals surface area contributed by atoms with Crippen molar-refractivity contribution in [3.63, 3.8) is 0 Å². The molecule has 0 aliphatic heterocycles. The Hall–Kier alpha value is -1.12. The first-order chi connectivity index (χ1) is 8.46. The topological polar surface area (TPSA) is 0 Å². The van der Waals surface area contributed by atoms with Crippen LogP contribution in [0.5, 0.6) is 0 Å². The van der Waals surface area contributed by atoms with Crippen molar-refractivity contribution in [3.05, 3.63) is 71.8 Å². The summed E-state index contributed by atoms with van der Waals surface area (Å²) in [5.74, 6) is -3.38. The highest BCUT2D eigenvalue weighted by Gasteiger charge is 2.53. The monoisotopic (exact) mass is 286 g/mol. The number of halogens is 4. The minimum atomic E-state index is -3.38. The summed E-state index contributed by atoms with van der Waals surface area (Å²) >= 11 is 11.8. The molecule has 0 saturated heterocycles. The van der Waals surface area contributed by atoms with Crippen LogP contribution in [0.2, 0.25) is 0 Å². The van der Waals surface area contributed by atoms with Crippen molar-refractivity contribution in [2.45, 2.75) is 10.3 Å². The van der Waals surface area contributed by atoms with Gasteiger partial charge in [0.15, 0.2) is 0 Å². The van der Waals surface area contributed by atoms with E-state index in [0.29, 0.717) is 0 Å². The minimum absolute atomic E-state index is 0.169. The molecule has 0 heterocycles. The van der Waals surface area contributed by atoms with Gasteiger partial charge in [-0.3, -0.25) is 0 Å². The molecule has 0 aromatic heterocycles. The third-order valence-corrected chi connectivity index (χ3v) is 3.58. The Bertz CT molecular complexity index is 460. The number of benzene rings is 2. The predicted molar refractivity (Wildman–Crippen MR) is 70.2 cm³/mol. The largest absolute Gasteiger partial charge is 0.309 e. The zero-order valence-electron chi connectivity index (χ0n) is 9.29. The first kappa shape index (κ1) is 13.3. The minimum Gasteiger partial charge on any atom is -0.197 e. The van der Waals surface area contributed by atoms with Gasteiger partial charge < -0.3 is 0 Å². The average molecular weight is 287 g/mol. The first-order valence-electron chi connectivity index (χ1n) is 5.33. The molecule has 0 radical (unpaired) electrons. The lowest BCUT2D eigenvalue weighted by molar-refractivity contribution is -0.0241. The number of hydrogen-bond donors (Lipinski definition) is 0. The van der Waals surface area contributed by atoms with E-state index in [1.54, 1.807) is 24.3 Å². The summed E-state index contributed by atoms with van der Waals surface area (Å²) in [6, 6.07) is 15.3. The second-order valence-electron chi connectivity index (χ2n) is 3.88. The van der Waals surface area contributed by atoms with Crippen molar-refractivity contribution in [2.75, 3.05) is 0 Å². The smallest absolute Gasteiger partial charge is 0.197 e. The van der Waals surface area contributed by atoms with E-state index in [1.807, 2.05) is 0 Å². The van der Waals surface area contributed by atoms with Crippen LogP contribution in [0.3, 0.4) is 0 Å². The van der Waals surface area contributed by atoms with E-state index in [0.717, 1.165) is 0 Å². The Morgan fingerprint density at radius 2 is 1.06 bits per heavy atom. The molecule has 2 rings (SSSR count). The molecule has 0 atom stereocenters. The van der Waals surface area contributed by atoms with Gasteiger partial charge in [-0.1, -0.05) is 83.9 Å². The van der Waals surface area contributed by atoms with E-state index in [2.05, 4.69) is 0 Å². The van der Waals surface area contributed by atoms with Crippen molar-refractivity contribution in [2.24, 2.45) is 0 Å². The Kier molecular flexibility index (Phi) is 3.60. The van der Waals surface area contributed by atoms with Gasteiger partial charge in [-0.15, -0.1) is 0 Å². The van der Waals surface area contributed by atoms with Crippen LogP contribution in [0.1, 0.15) is 11.1 Å². The molecule has 0 nitrogen and oxygen atoms in total. The summed E-state index contributed by atoms with van der Waals surface area (Å²) in [5.41, 5.74) is -0.0407. The van der Waals surface area contributed by atoms with Gasteiger partial charge >= 0.3 is 5.92 Å². The molecule has 0 amide bonds. The van der Waals surface area contributed by atoms with Crippen LogP contribution >= 0.6 is 23.2 Å². The van der Waals surface area contributed by atoms with Crippen LogP contribution in [0.25, 0.3) is 0 Å². The molecule has 0 fully saturated rings. The van der Waals surface area contributed by atoms with Crippen LogP contribution in [0, 0.1) is 0 Å². The SMILES string of the molecule is FC(F)(c1ccccc1)C(Cl)(Cl)c1ccccc1. The van der Waals surface area contributed by atoms with Crippen LogP contribution in [0.15, 0.2) is 60.7 Å². The molecule has 0 aliphatic carbocycles. The second kappa shape index (κ2) is 4.87. The number of alkyl halides is 4. The van der Waals surface area contributed by atoms with Gasteiger partial charge in [-0.25, -0.2) is 0 Å². The molecule has 18 heavy (non-hydrogen) atoms. The highest BCUT2D eigenvalue weighted by atomic mass is 35.5. The van der Waals surface area contributed by atoms with E-state index in [-0.39, 0.29) is 11.1 Å². The molecule has 0 bridgehead atoms. The Morgan fingerprint density at radius 1 is 0.667 bits per heavy atom. The molecule has 94 valence electrons. The molecule has 2 aromatic rings. The average Bonchev–Trinajstić information content (AvgIpc) is 2.40. The maximum atomic E-state index is 14.4. The van der Waals surface area contributed by atoms with E-state index < -0.39 is 10.3 Å². The number of rotatable bonds is 3. The van der Waals surface area contributed by atoms with Gasteiger partial charge in [0, 0.05) is 5.56 Å². The first-order valence-corrected chi connectivity index (χ1v) is 6.08. The normalized spacial score (nSPS) is 12.4. The molecule has 0 saturated carbocycles. The molecule has 4 heteroatoms. The summed E-state index contributed by atoms with van der Waals surface area (Å²) in [6.07, 6.45) is 0. The van der Waals surface area contributed by atoms with Crippen molar-refractivity contribution < 1.29 is 8.78 Å². The Morgan fingerprint density at radius 3 is 1.50 bits per heavy atom. The summed E-state index contributed by atoms with van der Waals surface area (Å²) in [5, 5.41) is 0. The molecule has 0 aliphatic rings. The zero-order valence-corrected chi connectivity index (χ0v) is 10.8. The van der Waals surface area contributed by atoms with Crippen LogP contribution in [0.4, 0.5) is 8.78 Å². The molecular weight excluding hydrogens is 277 g/mol. The van der Waals surface area contributed by atoms with E-state index in [9.17, 15) is 8.78 Å². The van der Waals surface area contributed by atoms with Crippen molar-refractivity contribution >= 4 is 23.2 Å².